The lowest BCUT2D eigenvalue weighted by molar-refractivity contribution is 0.432. The number of rotatable bonds is 6. The molecule has 20 heavy (non-hydrogen) atoms. The molecule has 2 saturated carbocycles. The maximum atomic E-state index is 12.3. The predicted molar refractivity (Wildman–Crippen MR) is 79.8 cm³/mol. The van der Waals surface area contributed by atoms with Gasteiger partial charge in [0.1, 0.15) is 0 Å². The van der Waals surface area contributed by atoms with Gasteiger partial charge in [0, 0.05) is 12.2 Å². The summed E-state index contributed by atoms with van der Waals surface area (Å²) < 4.78 is 27.5. The van der Waals surface area contributed by atoms with Crippen molar-refractivity contribution in [2.45, 2.75) is 43.9 Å². The summed E-state index contributed by atoms with van der Waals surface area (Å²) in [6.45, 7) is 2.58. The molecule has 0 heterocycles. The second-order valence-electron chi connectivity index (χ2n) is 6.18. The highest BCUT2D eigenvalue weighted by Crippen LogP contribution is 2.60. The van der Waals surface area contributed by atoms with Gasteiger partial charge in [-0.1, -0.05) is 13.0 Å². The Labute approximate surface area is 120 Å². The quantitative estimate of drug-likeness (QED) is 0.791. The molecule has 110 valence electrons. The standard InChI is InChI=1S/C15H22N2O2S/c1-2-11-3-6-13(9-14(11)16)20(18,19)17-10-15(7-8-15)12-4-5-12/h3,6,9,12,17H,2,4-5,7-8,10,16H2,1H3. The third kappa shape index (κ3) is 2.56. The summed E-state index contributed by atoms with van der Waals surface area (Å²) >= 11 is 0. The van der Waals surface area contributed by atoms with Gasteiger partial charge >= 0.3 is 0 Å². The number of aryl methyl sites for hydroxylation is 1. The highest BCUT2D eigenvalue weighted by molar-refractivity contribution is 7.89. The van der Waals surface area contributed by atoms with E-state index < -0.39 is 10.0 Å². The van der Waals surface area contributed by atoms with E-state index in [-0.39, 0.29) is 10.3 Å². The van der Waals surface area contributed by atoms with E-state index in [1.165, 1.54) is 12.8 Å². The minimum absolute atomic E-state index is 0.266. The Bertz CT molecular complexity index is 617. The first-order valence-corrected chi connectivity index (χ1v) is 8.83. The van der Waals surface area contributed by atoms with Crippen molar-refractivity contribution < 1.29 is 8.42 Å². The molecule has 2 aliphatic rings. The maximum absolute atomic E-state index is 12.3. The van der Waals surface area contributed by atoms with Crippen molar-refractivity contribution in [1.29, 1.82) is 0 Å². The van der Waals surface area contributed by atoms with Crippen molar-refractivity contribution in [3.63, 3.8) is 0 Å². The van der Waals surface area contributed by atoms with Crippen LogP contribution in [0.4, 0.5) is 5.69 Å². The Morgan fingerprint density at radius 2 is 2.05 bits per heavy atom. The molecule has 0 spiro atoms. The normalized spacial score (nSPS) is 20.9. The predicted octanol–water partition coefficient (Wildman–Crippen LogP) is 2.30. The van der Waals surface area contributed by atoms with Crippen molar-refractivity contribution >= 4 is 15.7 Å². The van der Waals surface area contributed by atoms with Gasteiger partial charge in [0.15, 0.2) is 0 Å². The molecular weight excluding hydrogens is 272 g/mol. The van der Waals surface area contributed by atoms with Crippen LogP contribution >= 0.6 is 0 Å². The molecule has 2 aliphatic carbocycles. The third-order valence-corrected chi connectivity index (χ3v) is 6.16. The van der Waals surface area contributed by atoms with Gasteiger partial charge in [0.05, 0.1) is 4.90 Å². The molecule has 3 N–H and O–H groups in total. The summed E-state index contributed by atoms with van der Waals surface area (Å²) in [7, 11) is -3.44. The zero-order valence-electron chi connectivity index (χ0n) is 11.9. The first-order valence-electron chi connectivity index (χ1n) is 7.35. The second-order valence-corrected chi connectivity index (χ2v) is 7.94. The fraction of sp³-hybridized carbons (Fsp3) is 0.600. The first-order chi connectivity index (χ1) is 9.47. The largest absolute Gasteiger partial charge is 0.398 e. The summed E-state index contributed by atoms with van der Waals surface area (Å²) in [6.07, 6.45) is 5.67. The van der Waals surface area contributed by atoms with Crippen LogP contribution in [-0.2, 0) is 16.4 Å². The van der Waals surface area contributed by atoms with Crippen molar-refractivity contribution in [2.75, 3.05) is 12.3 Å². The van der Waals surface area contributed by atoms with Gasteiger partial charge in [-0.15, -0.1) is 0 Å². The fourth-order valence-corrected chi connectivity index (χ4v) is 4.14. The molecule has 1 aromatic carbocycles. The van der Waals surface area contributed by atoms with Crippen LogP contribution in [0.2, 0.25) is 0 Å². The summed E-state index contributed by atoms with van der Waals surface area (Å²) in [6, 6.07) is 5.02. The molecule has 0 atom stereocenters. The van der Waals surface area contributed by atoms with Crippen LogP contribution in [0.5, 0.6) is 0 Å². The van der Waals surface area contributed by atoms with Crippen LogP contribution in [0, 0.1) is 11.3 Å². The van der Waals surface area contributed by atoms with Gasteiger partial charge < -0.3 is 5.73 Å². The van der Waals surface area contributed by atoms with Crippen LogP contribution < -0.4 is 10.5 Å². The zero-order chi connectivity index (χ0) is 14.4. The Kier molecular flexibility index (Phi) is 3.29. The summed E-state index contributed by atoms with van der Waals surface area (Å²) in [5.74, 6) is 0.748. The van der Waals surface area contributed by atoms with Crippen molar-refractivity contribution in [1.82, 2.24) is 4.72 Å². The first kappa shape index (κ1) is 13.9. The number of nitrogens with two attached hydrogens (primary N) is 1. The minimum Gasteiger partial charge on any atom is -0.398 e. The molecule has 0 aromatic heterocycles. The van der Waals surface area contributed by atoms with Crippen LogP contribution in [0.3, 0.4) is 0 Å². The Hall–Kier alpha value is -1.07. The van der Waals surface area contributed by atoms with E-state index in [0.717, 1.165) is 30.7 Å². The summed E-state index contributed by atoms with van der Waals surface area (Å²) in [5.41, 5.74) is 7.70. The van der Waals surface area contributed by atoms with Crippen LogP contribution in [0.25, 0.3) is 0 Å². The average Bonchev–Trinajstić information content (AvgIpc) is 3.28. The van der Waals surface area contributed by atoms with Gasteiger partial charge in [-0.2, -0.15) is 0 Å². The minimum atomic E-state index is -3.44. The van der Waals surface area contributed by atoms with E-state index in [2.05, 4.69) is 4.72 Å². The van der Waals surface area contributed by atoms with Crippen molar-refractivity contribution in [2.24, 2.45) is 11.3 Å². The van der Waals surface area contributed by atoms with Crippen LogP contribution in [-0.4, -0.2) is 15.0 Å². The van der Waals surface area contributed by atoms with Gasteiger partial charge in [-0.05, 0) is 61.1 Å². The molecule has 0 bridgehead atoms. The smallest absolute Gasteiger partial charge is 0.240 e. The lowest BCUT2D eigenvalue weighted by Gasteiger charge is -2.15. The van der Waals surface area contributed by atoms with Gasteiger partial charge in [-0.3, -0.25) is 0 Å². The number of anilines is 1. The molecule has 5 heteroatoms. The van der Waals surface area contributed by atoms with E-state index in [9.17, 15) is 8.42 Å². The number of benzene rings is 1. The third-order valence-electron chi connectivity index (χ3n) is 4.76. The highest BCUT2D eigenvalue weighted by atomic mass is 32.2. The van der Waals surface area contributed by atoms with E-state index in [4.69, 9.17) is 5.73 Å². The van der Waals surface area contributed by atoms with E-state index in [1.54, 1.807) is 18.2 Å². The monoisotopic (exact) mass is 294 g/mol. The topological polar surface area (TPSA) is 72.2 Å². The van der Waals surface area contributed by atoms with Gasteiger partial charge in [0.25, 0.3) is 0 Å². The molecule has 0 saturated heterocycles. The maximum Gasteiger partial charge on any atom is 0.240 e. The number of hydrogen-bond acceptors (Lipinski definition) is 3. The molecule has 2 fully saturated rings. The fourth-order valence-electron chi connectivity index (χ4n) is 2.97. The Morgan fingerprint density at radius 1 is 1.35 bits per heavy atom. The van der Waals surface area contributed by atoms with Gasteiger partial charge in [-0.25, -0.2) is 13.1 Å². The molecular formula is C15H22N2O2S. The van der Waals surface area contributed by atoms with Crippen molar-refractivity contribution in [3.05, 3.63) is 23.8 Å². The average molecular weight is 294 g/mol. The number of sulfonamides is 1. The lowest BCUT2D eigenvalue weighted by atomic mass is 10.0. The Morgan fingerprint density at radius 3 is 2.55 bits per heavy atom. The molecule has 0 unspecified atom stereocenters. The summed E-state index contributed by atoms with van der Waals surface area (Å²) in [4.78, 5) is 0.277. The zero-order valence-corrected chi connectivity index (χ0v) is 12.7. The molecule has 3 rings (SSSR count). The number of nitrogens with one attached hydrogen (secondary N) is 1. The second kappa shape index (κ2) is 4.74. The highest BCUT2D eigenvalue weighted by Gasteiger charge is 2.53. The van der Waals surface area contributed by atoms with Crippen LogP contribution in [0.1, 0.15) is 38.2 Å². The van der Waals surface area contributed by atoms with Crippen LogP contribution in [0.15, 0.2) is 23.1 Å². The molecule has 0 amide bonds. The van der Waals surface area contributed by atoms with E-state index in [0.29, 0.717) is 12.2 Å². The SMILES string of the molecule is CCc1ccc(S(=O)(=O)NCC2(C3CC3)CC2)cc1N. The van der Waals surface area contributed by atoms with Crippen molar-refractivity contribution in [3.8, 4) is 0 Å². The summed E-state index contributed by atoms with van der Waals surface area (Å²) in [5, 5.41) is 0. The molecule has 4 nitrogen and oxygen atoms in total. The van der Waals surface area contributed by atoms with E-state index >= 15 is 0 Å². The molecule has 0 aliphatic heterocycles. The molecule has 0 radical (unpaired) electrons. The van der Waals surface area contributed by atoms with Gasteiger partial charge in [0.2, 0.25) is 10.0 Å². The Balaban J connectivity index is 1.73. The number of hydrogen-bond donors (Lipinski definition) is 2. The molecule has 1 aromatic rings. The lowest BCUT2D eigenvalue weighted by Crippen LogP contribution is -2.31. The van der Waals surface area contributed by atoms with E-state index in [1.807, 2.05) is 6.92 Å². The number of nitrogen functional groups attached to an aromatic ring is 1.